The Morgan fingerprint density at radius 1 is 1.26 bits per heavy atom. The minimum atomic E-state index is 0.0570. The molecule has 0 saturated carbocycles. The van der Waals surface area contributed by atoms with Gasteiger partial charge in [0.15, 0.2) is 0 Å². The summed E-state index contributed by atoms with van der Waals surface area (Å²) >= 11 is 0. The first-order valence-corrected chi connectivity index (χ1v) is 7.86. The van der Waals surface area contributed by atoms with E-state index in [1.54, 1.807) is 6.20 Å². The summed E-state index contributed by atoms with van der Waals surface area (Å²) in [6.07, 6.45) is 5.64. The van der Waals surface area contributed by atoms with Gasteiger partial charge in [-0.25, -0.2) is 4.98 Å². The third-order valence-corrected chi connectivity index (χ3v) is 4.28. The van der Waals surface area contributed by atoms with Gasteiger partial charge >= 0.3 is 0 Å². The highest BCUT2D eigenvalue weighted by molar-refractivity contribution is 5.77. The van der Waals surface area contributed by atoms with Crippen LogP contribution in [0.1, 0.15) is 24.6 Å². The topological polar surface area (TPSA) is 79.7 Å². The van der Waals surface area contributed by atoms with Crippen LogP contribution in [-0.4, -0.2) is 48.9 Å². The molecule has 0 aliphatic carbocycles. The van der Waals surface area contributed by atoms with E-state index in [1.165, 1.54) is 4.80 Å². The third kappa shape index (κ3) is 2.81. The number of likely N-dealkylation sites (tertiary alicyclic amines) is 1. The highest BCUT2D eigenvalue weighted by Gasteiger charge is 2.26. The maximum absolute atomic E-state index is 12.6. The molecule has 3 aromatic rings. The molecular weight excluding hydrogens is 292 g/mol. The number of nitrogens with zero attached hydrogens (tertiary/aromatic N) is 5. The first kappa shape index (κ1) is 13.9. The van der Waals surface area contributed by atoms with Crippen molar-refractivity contribution in [3.05, 3.63) is 42.5 Å². The number of benzene rings is 1. The summed E-state index contributed by atoms with van der Waals surface area (Å²) in [4.78, 5) is 23.4. The molecule has 0 bridgehead atoms. The lowest BCUT2D eigenvalue weighted by Crippen LogP contribution is -2.41. The number of amides is 1. The van der Waals surface area contributed by atoms with Crippen molar-refractivity contribution in [3.8, 4) is 0 Å². The van der Waals surface area contributed by atoms with E-state index in [-0.39, 0.29) is 18.4 Å². The maximum Gasteiger partial charge on any atom is 0.246 e. The zero-order valence-electron chi connectivity index (χ0n) is 12.7. The van der Waals surface area contributed by atoms with Crippen LogP contribution >= 0.6 is 0 Å². The summed E-state index contributed by atoms with van der Waals surface area (Å²) in [5, 5.41) is 8.71. The molecule has 1 amide bonds. The van der Waals surface area contributed by atoms with Crippen LogP contribution in [0.3, 0.4) is 0 Å². The molecule has 1 atom stereocenters. The largest absolute Gasteiger partial charge is 0.348 e. The fourth-order valence-electron chi connectivity index (χ4n) is 3.12. The fraction of sp³-hybridized carbons (Fsp3) is 0.375. The summed E-state index contributed by atoms with van der Waals surface area (Å²) < 4.78 is 0. The van der Waals surface area contributed by atoms with Gasteiger partial charge in [0.2, 0.25) is 5.91 Å². The van der Waals surface area contributed by atoms with Crippen LogP contribution in [0.5, 0.6) is 0 Å². The Morgan fingerprint density at radius 3 is 2.74 bits per heavy atom. The van der Waals surface area contributed by atoms with Gasteiger partial charge in [0.25, 0.3) is 0 Å². The number of aromatic nitrogens is 5. The molecule has 1 unspecified atom stereocenters. The first-order chi connectivity index (χ1) is 11.3. The van der Waals surface area contributed by atoms with Crippen molar-refractivity contribution in [3.63, 3.8) is 0 Å². The summed E-state index contributed by atoms with van der Waals surface area (Å²) in [5.74, 6) is 1.30. The van der Waals surface area contributed by atoms with Crippen LogP contribution in [0.2, 0.25) is 0 Å². The van der Waals surface area contributed by atoms with Crippen LogP contribution in [0.15, 0.2) is 36.7 Å². The average molecular weight is 310 g/mol. The summed E-state index contributed by atoms with van der Waals surface area (Å²) in [6, 6.07) is 7.64. The van der Waals surface area contributed by atoms with E-state index in [4.69, 9.17) is 0 Å². The molecule has 0 radical (unpaired) electrons. The van der Waals surface area contributed by atoms with E-state index in [1.807, 2.05) is 35.4 Å². The lowest BCUT2D eigenvalue weighted by atomic mass is 9.97. The molecular formula is C16H18N6O. The van der Waals surface area contributed by atoms with Gasteiger partial charge in [-0.3, -0.25) is 4.79 Å². The second kappa shape index (κ2) is 5.83. The van der Waals surface area contributed by atoms with Crippen LogP contribution in [0.25, 0.3) is 11.0 Å². The van der Waals surface area contributed by atoms with Crippen LogP contribution in [0, 0.1) is 0 Å². The van der Waals surface area contributed by atoms with Crippen molar-refractivity contribution in [1.82, 2.24) is 29.9 Å². The van der Waals surface area contributed by atoms with Crippen molar-refractivity contribution in [1.29, 1.82) is 0 Å². The number of hydrogen-bond donors (Lipinski definition) is 1. The Bertz CT molecular complexity index is 776. The Labute approximate surface area is 133 Å². The van der Waals surface area contributed by atoms with Crippen molar-refractivity contribution < 1.29 is 4.79 Å². The zero-order valence-corrected chi connectivity index (χ0v) is 12.7. The molecule has 3 heterocycles. The number of rotatable bonds is 3. The predicted molar refractivity (Wildman–Crippen MR) is 84.7 cm³/mol. The predicted octanol–water partition coefficient (Wildman–Crippen LogP) is 1.56. The van der Waals surface area contributed by atoms with E-state index < -0.39 is 0 Å². The summed E-state index contributed by atoms with van der Waals surface area (Å²) in [6.45, 7) is 1.67. The minimum absolute atomic E-state index is 0.0570. The Hall–Kier alpha value is -2.70. The average Bonchev–Trinajstić information content (AvgIpc) is 3.24. The number of imidazole rings is 1. The van der Waals surface area contributed by atoms with Gasteiger partial charge < -0.3 is 9.88 Å². The molecule has 1 aliphatic heterocycles. The monoisotopic (exact) mass is 310 g/mol. The molecule has 1 fully saturated rings. The van der Waals surface area contributed by atoms with E-state index in [2.05, 4.69) is 20.2 Å². The maximum atomic E-state index is 12.6. The lowest BCUT2D eigenvalue weighted by molar-refractivity contribution is -0.133. The fourth-order valence-corrected chi connectivity index (χ4v) is 3.12. The van der Waals surface area contributed by atoms with E-state index in [0.717, 1.165) is 36.2 Å². The standard InChI is InChI=1S/C16H18N6O/c23-15(11-22-19-13-5-1-2-6-14(13)20-22)21-9-3-4-12(10-21)16-17-7-8-18-16/h1-2,5-8,12H,3-4,9-11H2,(H,17,18). The SMILES string of the molecule is O=C(Cn1nc2ccccc2n1)N1CCCC(c2ncc[nH]2)C1. The minimum Gasteiger partial charge on any atom is -0.348 e. The highest BCUT2D eigenvalue weighted by atomic mass is 16.2. The van der Waals surface area contributed by atoms with Crippen LogP contribution in [0.4, 0.5) is 0 Å². The number of piperidine rings is 1. The van der Waals surface area contributed by atoms with Crippen LogP contribution in [-0.2, 0) is 11.3 Å². The van der Waals surface area contributed by atoms with Gasteiger partial charge in [-0.2, -0.15) is 15.0 Å². The normalized spacial score (nSPS) is 18.4. The number of nitrogens with one attached hydrogen (secondary N) is 1. The Morgan fingerprint density at radius 2 is 2.04 bits per heavy atom. The smallest absolute Gasteiger partial charge is 0.246 e. The van der Waals surface area contributed by atoms with Crippen molar-refractivity contribution >= 4 is 16.9 Å². The molecule has 1 aromatic carbocycles. The van der Waals surface area contributed by atoms with Crippen molar-refractivity contribution in [2.24, 2.45) is 0 Å². The second-order valence-electron chi connectivity index (χ2n) is 5.87. The molecule has 118 valence electrons. The summed E-state index contributed by atoms with van der Waals surface area (Å²) in [5.41, 5.74) is 1.62. The second-order valence-corrected chi connectivity index (χ2v) is 5.87. The zero-order chi connectivity index (χ0) is 15.6. The Kier molecular flexibility index (Phi) is 3.53. The molecule has 7 nitrogen and oxygen atoms in total. The summed E-state index contributed by atoms with van der Waals surface area (Å²) in [7, 11) is 0. The number of aromatic amines is 1. The molecule has 0 spiro atoms. The number of carbonyl (C=O) groups excluding carboxylic acids is 1. The number of H-pyrrole nitrogens is 1. The van der Waals surface area contributed by atoms with E-state index in [9.17, 15) is 4.79 Å². The number of fused-ring (bicyclic) bond motifs is 1. The van der Waals surface area contributed by atoms with E-state index in [0.29, 0.717) is 6.54 Å². The molecule has 1 N–H and O–H groups in total. The highest BCUT2D eigenvalue weighted by Crippen LogP contribution is 2.24. The van der Waals surface area contributed by atoms with Gasteiger partial charge in [-0.1, -0.05) is 12.1 Å². The number of hydrogen-bond acceptors (Lipinski definition) is 4. The molecule has 1 aliphatic rings. The molecule has 4 rings (SSSR count). The van der Waals surface area contributed by atoms with E-state index >= 15 is 0 Å². The molecule has 7 heteroatoms. The number of carbonyl (C=O) groups is 1. The van der Waals surface area contributed by atoms with Crippen LogP contribution < -0.4 is 0 Å². The lowest BCUT2D eigenvalue weighted by Gasteiger charge is -2.31. The molecule has 1 saturated heterocycles. The molecule has 23 heavy (non-hydrogen) atoms. The van der Waals surface area contributed by atoms with Gasteiger partial charge in [0.05, 0.1) is 0 Å². The van der Waals surface area contributed by atoms with Gasteiger partial charge in [0.1, 0.15) is 23.4 Å². The third-order valence-electron chi connectivity index (χ3n) is 4.28. The van der Waals surface area contributed by atoms with Gasteiger partial charge in [-0.05, 0) is 25.0 Å². The van der Waals surface area contributed by atoms with Crippen molar-refractivity contribution in [2.75, 3.05) is 13.1 Å². The quantitative estimate of drug-likeness (QED) is 0.796. The first-order valence-electron chi connectivity index (χ1n) is 7.86. The van der Waals surface area contributed by atoms with Gasteiger partial charge in [-0.15, -0.1) is 0 Å². The molecule has 2 aromatic heterocycles. The van der Waals surface area contributed by atoms with Gasteiger partial charge in [0, 0.05) is 31.4 Å². The van der Waals surface area contributed by atoms with Crippen molar-refractivity contribution in [2.45, 2.75) is 25.3 Å². The Balaban J connectivity index is 1.45.